The van der Waals surface area contributed by atoms with E-state index in [0.717, 1.165) is 11.4 Å². The van der Waals surface area contributed by atoms with Gasteiger partial charge in [0, 0.05) is 18.0 Å². The smallest absolute Gasteiger partial charge is 0.225 e. The minimum absolute atomic E-state index is 0.0902. The van der Waals surface area contributed by atoms with Gasteiger partial charge in [0.2, 0.25) is 5.91 Å². The number of likely N-dealkylation sites (tertiary alicyclic amines) is 1. The first-order valence-electron chi connectivity index (χ1n) is 7.89. The topological polar surface area (TPSA) is 32.3 Å². The Morgan fingerprint density at radius 2 is 1.95 bits per heavy atom. The minimum atomic E-state index is 0.0902. The number of benzene rings is 1. The van der Waals surface area contributed by atoms with E-state index in [2.05, 4.69) is 34.5 Å². The van der Waals surface area contributed by atoms with E-state index in [4.69, 9.17) is 0 Å². The van der Waals surface area contributed by atoms with Gasteiger partial charge in [0.25, 0.3) is 0 Å². The summed E-state index contributed by atoms with van der Waals surface area (Å²) in [5.74, 6) is 0.0902. The maximum Gasteiger partial charge on any atom is 0.225 e. The molecule has 1 aliphatic heterocycles. The SMILES string of the molecule is O=C(Cc1cccs1)NCc1cccc(CN2CCCC2)c1. The molecule has 1 amide bonds. The van der Waals surface area contributed by atoms with Crippen LogP contribution in [0.4, 0.5) is 0 Å². The first-order valence-corrected chi connectivity index (χ1v) is 8.77. The fourth-order valence-electron chi connectivity index (χ4n) is 2.87. The average Bonchev–Trinajstić information content (AvgIpc) is 3.19. The van der Waals surface area contributed by atoms with E-state index < -0.39 is 0 Å². The zero-order valence-corrected chi connectivity index (χ0v) is 13.6. The summed E-state index contributed by atoms with van der Waals surface area (Å²) in [6.07, 6.45) is 3.11. The van der Waals surface area contributed by atoms with Crippen LogP contribution in [0.1, 0.15) is 28.8 Å². The fraction of sp³-hybridized carbons (Fsp3) is 0.389. The molecule has 0 bridgehead atoms. The Bertz CT molecular complexity index is 603. The van der Waals surface area contributed by atoms with Crippen molar-refractivity contribution in [2.45, 2.75) is 32.4 Å². The first kappa shape index (κ1) is 15.3. The number of carbonyl (C=O) groups excluding carboxylic acids is 1. The van der Waals surface area contributed by atoms with Crippen molar-refractivity contribution in [1.29, 1.82) is 0 Å². The highest BCUT2D eigenvalue weighted by molar-refractivity contribution is 7.10. The van der Waals surface area contributed by atoms with Crippen molar-refractivity contribution in [3.05, 3.63) is 57.8 Å². The van der Waals surface area contributed by atoms with Crippen molar-refractivity contribution in [2.24, 2.45) is 0 Å². The highest BCUT2D eigenvalue weighted by Gasteiger charge is 2.11. The van der Waals surface area contributed by atoms with Crippen LogP contribution in [-0.2, 0) is 24.3 Å². The summed E-state index contributed by atoms with van der Waals surface area (Å²) in [6.45, 7) is 4.05. The standard InChI is InChI=1S/C18H22N2OS/c21-18(12-17-7-4-10-22-17)19-13-15-5-3-6-16(11-15)14-20-8-1-2-9-20/h3-7,10-11H,1-2,8-9,12-14H2,(H,19,21). The molecule has 0 saturated carbocycles. The molecular weight excluding hydrogens is 292 g/mol. The summed E-state index contributed by atoms with van der Waals surface area (Å²) in [7, 11) is 0. The molecule has 1 aromatic carbocycles. The number of hydrogen-bond donors (Lipinski definition) is 1. The van der Waals surface area contributed by atoms with Gasteiger partial charge in [-0.15, -0.1) is 11.3 Å². The van der Waals surface area contributed by atoms with Crippen LogP contribution >= 0.6 is 11.3 Å². The predicted octanol–water partition coefficient (Wildman–Crippen LogP) is 3.20. The second-order valence-corrected chi connectivity index (χ2v) is 6.87. The van der Waals surface area contributed by atoms with Gasteiger partial charge < -0.3 is 5.32 Å². The monoisotopic (exact) mass is 314 g/mol. The lowest BCUT2D eigenvalue weighted by Crippen LogP contribution is -2.24. The molecule has 0 atom stereocenters. The number of thiophene rings is 1. The molecule has 0 aliphatic carbocycles. The third-order valence-electron chi connectivity index (χ3n) is 4.00. The van der Waals surface area contributed by atoms with Gasteiger partial charge in [0.05, 0.1) is 6.42 Å². The Morgan fingerprint density at radius 3 is 2.73 bits per heavy atom. The van der Waals surface area contributed by atoms with Crippen LogP contribution in [-0.4, -0.2) is 23.9 Å². The number of hydrogen-bond acceptors (Lipinski definition) is 3. The third kappa shape index (κ3) is 4.42. The van der Waals surface area contributed by atoms with Crippen LogP contribution in [0.3, 0.4) is 0 Å². The van der Waals surface area contributed by atoms with Crippen LogP contribution in [0, 0.1) is 0 Å². The molecule has 116 valence electrons. The van der Waals surface area contributed by atoms with Crippen LogP contribution in [0.25, 0.3) is 0 Å². The van der Waals surface area contributed by atoms with Crippen molar-refractivity contribution in [1.82, 2.24) is 10.2 Å². The average molecular weight is 314 g/mol. The Labute approximate surface area is 136 Å². The zero-order valence-electron chi connectivity index (χ0n) is 12.8. The molecule has 0 radical (unpaired) electrons. The molecule has 1 aliphatic rings. The molecule has 0 spiro atoms. The van der Waals surface area contributed by atoms with Gasteiger partial charge in [-0.1, -0.05) is 30.3 Å². The summed E-state index contributed by atoms with van der Waals surface area (Å²) in [5, 5.41) is 5.02. The summed E-state index contributed by atoms with van der Waals surface area (Å²) in [4.78, 5) is 15.5. The highest BCUT2D eigenvalue weighted by Crippen LogP contribution is 2.14. The van der Waals surface area contributed by atoms with Gasteiger partial charge in [-0.3, -0.25) is 9.69 Å². The summed E-state index contributed by atoms with van der Waals surface area (Å²) < 4.78 is 0. The molecule has 1 N–H and O–H groups in total. The molecule has 1 fully saturated rings. The molecule has 1 aromatic heterocycles. The Kier molecular flexibility index (Phi) is 5.24. The van der Waals surface area contributed by atoms with Gasteiger partial charge in [0.1, 0.15) is 0 Å². The van der Waals surface area contributed by atoms with Crippen LogP contribution < -0.4 is 5.32 Å². The molecule has 1 saturated heterocycles. The Balaban J connectivity index is 1.50. The molecule has 2 heterocycles. The van der Waals surface area contributed by atoms with Gasteiger partial charge in [-0.05, 0) is 48.5 Å². The first-order chi connectivity index (χ1) is 10.8. The third-order valence-corrected chi connectivity index (χ3v) is 4.88. The van der Waals surface area contributed by atoms with E-state index >= 15 is 0 Å². The van der Waals surface area contributed by atoms with Crippen molar-refractivity contribution < 1.29 is 4.79 Å². The van der Waals surface area contributed by atoms with E-state index in [1.807, 2.05) is 17.5 Å². The van der Waals surface area contributed by atoms with E-state index in [0.29, 0.717) is 13.0 Å². The quantitative estimate of drug-likeness (QED) is 0.888. The Morgan fingerprint density at radius 1 is 1.14 bits per heavy atom. The second kappa shape index (κ2) is 7.56. The van der Waals surface area contributed by atoms with E-state index in [-0.39, 0.29) is 5.91 Å². The van der Waals surface area contributed by atoms with Crippen molar-refractivity contribution in [3.63, 3.8) is 0 Å². The number of nitrogens with zero attached hydrogens (tertiary/aromatic N) is 1. The summed E-state index contributed by atoms with van der Waals surface area (Å²) >= 11 is 1.63. The minimum Gasteiger partial charge on any atom is -0.352 e. The maximum absolute atomic E-state index is 11.9. The van der Waals surface area contributed by atoms with Gasteiger partial charge in [-0.25, -0.2) is 0 Å². The van der Waals surface area contributed by atoms with Gasteiger partial charge in [-0.2, -0.15) is 0 Å². The number of carbonyl (C=O) groups is 1. The lowest BCUT2D eigenvalue weighted by molar-refractivity contribution is -0.120. The normalized spacial score (nSPS) is 15.1. The lowest BCUT2D eigenvalue weighted by atomic mass is 10.1. The van der Waals surface area contributed by atoms with Crippen LogP contribution in [0.2, 0.25) is 0 Å². The zero-order chi connectivity index (χ0) is 15.2. The van der Waals surface area contributed by atoms with Crippen LogP contribution in [0.15, 0.2) is 41.8 Å². The van der Waals surface area contributed by atoms with E-state index in [1.54, 1.807) is 11.3 Å². The summed E-state index contributed by atoms with van der Waals surface area (Å²) in [5.41, 5.74) is 2.52. The van der Waals surface area contributed by atoms with Crippen molar-refractivity contribution in [2.75, 3.05) is 13.1 Å². The predicted molar refractivity (Wildman–Crippen MR) is 90.8 cm³/mol. The second-order valence-electron chi connectivity index (χ2n) is 5.84. The molecule has 3 rings (SSSR count). The Hall–Kier alpha value is -1.65. The van der Waals surface area contributed by atoms with Crippen molar-refractivity contribution >= 4 is 17.2 Å². The van der Waals surface area contributed by atoms with Gasteiger partial charge in [0.15, 0.2) is 0 Å². The van der Waals surface area contributed by atoms with Gasteiger partial charge >= 0.3 is 0 Å². The molecule has 0 unspecified atom stereocenters. The molecule has 3 nitrogen and oxygen atoms in total. The highest BCUT2D eigenvalue weighted by atomic mass is 32.1. The number of amides is 1. The maximum atomic E-state index is 11.9. The molecule has 22 heavy (non-hydrogen) atoms. The van der Waals surface area contributed by atoms with E-state index in [9.17, 15) is 4.79 Å². The molecular formula is C18H22N2OS. The fourth-order valence-corrected chi connectivity index (χ4v) is 3.57. The lowest BCUT2D eigenvalue weighted by Gasteiger charge is -2.15. The molecule has 2 aromatic rings. The van der Waals surface area contributed by atoms with E-state index in [1.165, 1.54) is 37.1 Å². The largest absolute Gasteiger partial charge is 0.352 e. The molecule has 4 heteroatoms. The summed E-state index contributed by atoms with van der Waals surface area (Å²) in [6, 6.07) is 12.5. The number of rotatable bonds is 6. The van der Waals surface area contributed by atoms with Crippen molar-refractivity contribution in [3.8, 4) is 0 Å². The van der Waals surface area contributed by atoms with Crippen LogP contribution in [0.5, 0.6) is 0 Å². The number of nitrogens with one attached hydrogen (secondary N) is 1.